The van der Waals surface area contributed by atoms with E-state index in [1.54, 1.807) is 0 Å². The van der Waals surface area contributed by atoms with Crippen molar-refractivity contribution in [3.63, 3.8) is 0 Å². The molecule has 0 aromatic rings. The van der Waals surface area contributed by atoms with Crippen LogP contribution in [0.4, 0.5) is 0 Å². The molecule has 2 atom stereocenters. The Hall–Kier alpha value is -0.300. The van der Waals surface area contributed by atoms with Gasteiger partial charge in [-0.3, -0.25) is 0 Å². The number of aliphatic hydroxyl groups is 1. The highest BCUT2D eigenvalue weighted by Gasteiger charge is 2.18. The molecule has 1 nitrogen and oxygen atoms in total. The normalized spacial score (nSPS) is 36.9. The van der Waals surface area contributed by atoms with Crippen LogP contribution in [-0.4, -0.2) is 11.2 Å². The second-order valence-electron chi connectivity index (χ2n) is 2.99. The molecule has 0 aromatic heterocycles. The Morgan fingerprint density at radius 2 is 2.22 bits per heavy atom. The van der Waals surface area contributed by atoms with Gasteiger partial charge in [0.15, 0.2) is 0 Å². The molecule has 0 saturated heterocycles. The van der Waals surface area contributed by atoms with E-state index in [1.165, 1.54) is 5.57 Å². The number of aliphatic hydroxyl groups excluding tert-OH is 1. The molecule has 0 aromatic carbocycles. The monoisotopic (exact) mass is 126 g/mol. The molecule has 1 N–H and O–H groups in total. The number of rotatable bonds is 0. The summed E-state index contributed by atoms with van der Waals surface area (Å²) in [5.74, 6) is 0.633. The van der Waals surface area contributed by atoms with Crippen LogP contribution in [0.5, 0.6) is 0 Å². The van der Waals surface area contributed by atoms with Crippen LogP contribution in [0, 0.1) is 5.92 Å². The summed E-state index contributed by atoms with van der Waals surface area (Å²) in [7, 11) is 0. The molecule has 0 heterocycles. The molecule has 1 aliphatic rings. The van der Waals surface area contributed by atoms with Crippen molar-refractivity contribution in [2.75, 3.05) is 0 Å². The van der Waals surface area contributed by atoms with Crippen LogP contribution < -0.4 is 0 Å². The Morgan fingerprint density at radius 3 is 2.67 bits per heavy atom. The Kier molecular flexibility index (Phi) is 1.91. The SMILES string of the molecule is C=C1C[C@H](O)CC[C@H]1C. The second-order valence-corrected chi connectivity index (χ2v) is 2.99. The second kappa shape index (κ2) is 2.53. The molecule has 0 amide bonds. The van der Waals surface area contributed by atoms with E-state index in [4.69, 9.17) is 5.11 Å². The maximum absolute atomic E-state index is 9.14. The Balaban J connectivity index is 2.44. The van der Waals surface area contributed by atoms with E-state index in [9.17, 15) is 0 Å². The van der Waals surface area contributed by atoms with E-state index < -0.39 is 0 Å². The van der Waals surface area contributed by atoms with Crippen LogP contribution in [0.15, 0.2) is 12.2 Å². The van der Waals surface area contributed by atoms with Crippen molar-refractivity contribution in [1.29, 1.82) is 0 Å². The van der Waals surface area contributed by atoms with Crippen LogP contribution in [-0.2, 0) is 0 Å². The van der Waals surface area contributed by atoms with Crippen molar-refractivity contribution >= 4 is 0 Å². The maximum Gasteiger partial charge on any atom is 0.0577 e. The summed E-state index contributed by atoms with van der Waals surface area (Å²) < 4.78 is 0. The van der Waals surface area contributed by atoms with Crippen LogP contribution >= 0.6 is 0 Å². The zero-order valence-corrected chi connectivity index (χ0v) is 5.93. The van der Waals surface area contributed by atoms with Gasteiger partial charge in [0, 0.05) is 0 Å². The molecular formula is C8H14O. The van der Waals surface area contributed by atoms with Crippen molar-refractivity contribution in [2.24, 2.45) is 5.92 Å². The van der Waals surface area contributed by atoms with Crippen molar-refractivity contribution < 1.29 is 5.11 Å². The fourth-order valence-electron chi connectivity index (χ4n) is 1.25. The smallest absolute Gasteiger partial charge is 0.0577 e. The molecule has 1 rings (SSSR count). The van der Waals surface area contributed by atoms with E-state index in [1.807, 2.05) is 0 Å². The molecule has 1 saturated carbocycles. The Labute approximate surface area is 56.4 Å². The number of hydrogen-bond donors (Lipinski definition) is 1. The summed E-state index contributed by atoms with van der Waals surface area (Å²) in [6.45, 7) is 6.06. The van der Waals surface area contributed by atoms with Gasteiger partial charge in [0.1, 0.15) is 0 Å². The minimum Gasteiger partial charge on any atom is -0.393 e. The molecule has 9 heavy (non-hydrogen) atoms. The molecule has 1 aliphatic carbocycles. The lowest BCUT2D eigenvalue weighted by Gasteiger charge is -2.24. The van der Waals surface area contributed by atoms with Gasteiger partial charge in [-0.1, -0.05) is 19.1 Å². The standard InChI is InChI=1S/C8H14O/c1-6-3-4-8(9)5-7(6)2/h6,8-9H,2-5H2,1H3/t6-,8-/m1/s1. The van der Waals surface area contributed by atoms with Crippen LogP contribution in [0.2, 0.25) is 0 Å². The van der Waals surface area contributed by atoms with Crippen molar-refractivity contribution in [3.8, 4) is 0 Å². The van der Waals surface area contributed by atoms with E-state index in [0.29, 0.717) is 5.92 Å². The highest BCUT2D eigenvalue weighted by atomic mass is 16.3. The predicted molar refractivity (Wildman–Crippen MR) is 38.2 cm³/mol. The highest BCUT2D eigenvalue weighted by Crippen LogP contribution is 2.27. The first-order valence-corrected chi connectivity index (χ1v) is 3.56. The summed E-state index contributed by atoms with van der Waals surface area (Å²) in [5.41, 5.74) is 1.22. The third-order valence-electron chi connectivity index (χ3n) is 2.13. The first-order valence-electron chi connectivity index (χ1n) is 3.56. The van der Waals surface area contributed by atoms with Gasteiger partial charge in [-0.25, -0.2) is 0 Å². The zero-order chi connectivity index (χ0) is 6.85. The van der Waals surface area contributed by atoms with E-state index in [-0.39, 0.29) is 6.10 Å². The summed E-state index contributed by atoms with van der Waals surface area (Å²) in [6.07, 6.45) is 2.79. The molecule has 52 valence electrons. The summed E-state index contributed by atoms with van der Waals surface area (Å²) in [5, 5.41) is 9.14. The number of hydrogen-bond acceptors (Lipinski definition) is 1. The van der Waals surface area contributed by atoms with Gasteiger partial charge in [0.2, 0.25) is 0 Å². The van der Waals surface area contributed by atoms with Gasteiger partial charge >= 0.3 is 0 Å². The molecule has 0 aliphatic heterocycles. The lowest BCUT2D eigenvalue weighted by atomic mass is 9.85. The quantitative estimate of drug-likeness (QED) is 0.490. The lowest BCUT2D eigenvalue weighted by molar-refractivity contribution is 0.138. The average molecular weight is 126 g/mol. The molecular weight excluding hydrogens is 112 g/mol. The van der Waals surface area contributed by atoms with Crippen LogP contribution in [0.3, 0.4) is 0 Å². The van der Waals surface area contributed by atoms with Gasteiger partial charge in [-0.05, 0) is 25.2 Å². The maximum atomic E-state index is 9.14. The molecule has 0 bridgehead atoms. The van der Waals surface area contributed by atoms with Crippen molar-refractivity contribution in [1.82, 2.24) is 0 Å². The molecule has 0 spiro atoms. The fourth-order valence-corrected chi connectivity index (χ4v) is 1.25. The third-order valence-corrected chi connectivity index (χ3v) is 2.13. The fraction of sp³-hybridized carbons (Fsp3) is 0.750. The minimum absolute atomic E-state index is 0.103. The Morgan fingerprint density at radius 1 is 1.56 bits per heavy atom. The van der Waals surface area contributed by atoms with E-state index >= 15 is 0 Å². The van der Waals surface area contributed by atoms with Crippen LogP contribution in [0.1, 0.15) is 26.2 Å². The topological polar surface area (TPSA) is 20.2 Å². The highest BCUT2D eigenvalue weighted by molar-refractivity contribution is 5.03. The van der Waals surface area contributed by atoms with Crippen molar-refractivity contribution in [2.45, 2.75) is 32.3 Å². The predicted octanol–water partition coefficient (Wildman–Crippen LogP) is 1.72. The molecule has 1 heteroatoms. The van der Waals surface area contributed by atoms with Crippen molar-refractivity contribution in [3.05, 3.63) is 12.2 Å². The van der Waals surface area contributed by atoms with E-state index in [0.717, 1.165) is 19.3 Å². The summed E-state index contributed by atoms with van der Waals surface area (Å²) >= 11 is 0. The van der Waals surface area contributed by atoms with Crippen LogP contribution in [0.25, 0.3) is 0 Å². The first-order chi connectivity index (χ1) is 4.20. The molecule has 0 radical (unpaired) electrons. The zero-order valence-electron chi connectivity index (χ0n) is 5.93. The third kappa shape index (κ3) is 1.55. The Bertz CT molecular complexity index is 118. The average Bonchev–Trinajstić information content (AvgIpc) is 1.80. The van der Waals surface area contributed by atoms with Gasteiger partial charge in [0.05, 0.1) is 6.10 Å². The van der Waals surface area contributed by atoms with Gasteiger partial charge in [0.25, 0.3) is 0 Å². The summed E-state index contributed by atoms with van der Waals surface area (Å²) in [4.78, 5) is 0. The largest absolute Gasteiger partial charge is 0.393 e. The van der Waals surface area contributed by atoms with Gasteiger partial charge < -0.3 is 5.11 Å². The van der Waals surface area contributed by atoms with E-state index in [2.05, 4.69) is 13.5 Å². The van der Waals surface area contributed by atoms with Gasteiger partial charge in [-0.2, -0.15) is 0 Å². The van der Waals surface area contributed by atoms with Gasteiger partial charge in [-0.15, -0.1) is 0 Å². The molecule has 0 unspecified atom stereocenters. The lowest BCUT2D eigenvalue weighted by Crippen LogP contribution is -2.18. The summed E-state index contributed by atoms with van der Waals surface area (Å²) in [6, 6.07) is 0. The molecule has 1 fully saturated rings. The first kappa shape index (κ1) is 6.81. The minimum atomic E-state index is -0.103.